The second-order valence-corrected chi connectivity index (χ2v) is 5.49. The monoisotopic (exact) mass is 208 g/mol. The summed E-state index contributed by atoms with van der Waals surface area (Å²) in [5.74, 6) is -0.954. The van der Waals surface area contributed by atoms with Crippen LogP contribution >= 0.6 is 0 Å². The van der Waals surface area contributed by atoms with E-state index in [0.29, 0.717) is 11.1 Å². The number of rotatable bonds is 1. The first kappa shape index (κ1) is 10.4. The normalized spacial score (nSPS) is 33.4. The summed E-state index contributed by atoms with van der Waals surface area (Å²) in [4.78, 5) is 23.0. The van der Waals surface area contributed by atoms with Gasteiger partial charge in [-0.3, -0.25) is 4.79 Å². The molecule has 0 amide bonds. The van der Waals surface area contributed by atoms with Gasteiger partial charge in [0.1, 0.15) is 0 Å². The summed E-state index contributed by atoms with van der Waals surface area (Å²) in [7, 11) is 0. The number of hydrogen-bond acceptors (Lipinski definition) is 2. The summed E-state index contributed by atoms with van der Waals surface area (Å²) >= 11 is 0. The minimum atomic E-state index is -0.911. The van der Waals surface area contributed by atoms with Gasteiger partial charge in [-0.05, 0) is 25.2 Å². The highest BCUT2D eigenvalue weighted by atomic mass is 16.4. The van der Waals surface area contributed by atoms with Gasteiger partial charge in [0.2, 0.25) is 0 Å². The molecular formula is C12H16O3. The quantitative estimate of drug-likeness (QED) is 0.717. The second kappa shape index (κ2) is 2.94. The summed E-state index contributed by atoms with van der Waals surface area (Å²) in [6.45, 7) is 5.86. The van der Waals surface area contributed by atoms with Crippen LogP contribution in [0.1, 0.15) is 33.6 Å². The molecule has 0 radical (unpaired) electrons. The van der Waals surface area contributed by atoms with E-state index in [-0.39, 0.29) is 23.0 Å². The molecule has 1 fully saturated rings. The molecule has 2 rings (SSSR count). The predicted molar refractivity (Wildman–Crippen MR) is 55.3 cm³/mol. The second-order valence-electron chi connectivity index (χ2n) is 5.49. The fourth-order valence-corrected chi connectivity index (χ4v) is 3.15. The minimum Gasteiger partial charge on any atom is -0.478 e. The van der Waals surface area contributed by atoms with Crippen LogP contribution in [0.4, 0.5) is 0 Å². The number of Topliss-reactive ketones (excluding diaryl/α,β-unsaturated/α-hetero) is 1. The van der Waals surface area contributed by atoms with Gasteiger partial charge >= 0.3 is 5.97 Å². The van der Waals surface area contributed by atoms with Crippen LogP contribution in [0.3, 0.4) is 0 Å². The van der Waals surface area contributed by atoms with Crippen molar-refractivity contribution in [3.63, 3.8) is 0 Å². The molecule has 2 aliphatic rings. The summed E-state index contributed by atoms with van der Waals surface area (Å²) in [6, 6.07) is 0. The smallest absolute Gasteiger partial charge is 0.332 e. The molecule has 3 nitrogen and oxygen atoms in total. The van der Waals surface area contributed by atoms with E-state index >= 15 is 0 Å². The Hall–Kier alpha value is -1.12. The molecule has 0 bridgehead atoms. The summed E-state index contributed by atoms with van der Waals surface area (Å²) in [6.07, 6.45) is 1.65. The van der Waals surface area contributed by atoms with Crippen LogP contribution in [0.5, 0.6) is 0 Å². The average molecular weight is 208 g/mol. The zero-order valence-corrected chi connectivity index (χ0v) is 9.33. The summed E-state index contributed by atoms with van der Waals surface area (Å²) in [5.41, 5.74) is 0.954. The number of allylic oxidation sites excluding steroid dienone is 1. The van der Waals surface area contributed by atoms with Gasteiger partial charge in [-0.2, -0.15) is 0 Å². The van der Waals surface area contributed by atoms with E-state index in [9.17, 15) is 9.59 Å². The van der Waals surface area contributed by atoms with E-state index < -0.39 is 5.97 Å². The Labute approximate surface area is 89.2 Å². The van der Waals surface area contributed by atoms with Gasteiger partial charge in [0.05, 0.1) is 0 Å². The number of aliphatic carboxylic acids is 1. The van der Waals surface area contributed by atoms with Gasteiger partial charge in [0, 0.05) is 23.0 Å². The Morgan fingerprint density at radius 3 is 2.40 bits per heavy atom. The third-order valence-corrected chi connectivity index (χ3v) is 3.74. The molecule has 0 saturated heterocycles. The van der Waals surface area contributed by atoms with Crippen molar-refractivity contribution in [2.24, 2.45) is 17.3 Å². The summed E-state index contributed by atoms with van der Waals surface area (Å²) < 4.78 is 0. The SMILES string of the molecule is CC1=C(C(=O)O)C2CC(C)(C)CC2C1=O. The van der Waals surface area contributed by atoms with Gasteiger partial charge < -0.3 is 5.11 Å². The van der Waals surface area contributed by atoms with Gasteiger partial charge in [-0.15, -0.1) is 0 Å². The minimum absolute atomic E-state index is 0.0370. The maximum absolute atomic E-state index is 11.9. The van der Waals surface area contributed by atoms with Crippen molar-refractivity contribution in [2.75, 3.05) is 0 Å². The van der Waals surface area contributed by atoms with Gasteiger partial charge in [0.15, 0.2) is 5.78 Å². The number of carboxylic acid groups (broad SMARTS) is 1. The third kappa shape index (κ3) is 1.41. The molecule has 3 heteroatoms. The van der Waals surface area contributed by atoms with Crippen LogP contribution in [0.25, 0.3) is 0 Å². The zero-order chi connectivity index (χ0) is 11.4. The molecule has 1 saturated carbocycles. The summed E-state index contributed by atoms with van der Waals surface area (Å²) in [5, 5.41) is 9.11. The predicted octanol–water partition coefficient (Wildman–Crippen LogP) is 2.02. The highest BCUT2D eigenvalue weighted by Gasteiger charge is 2.51. The Balaban J connectivity index is 2.41. The maximum atomic E-state index is 11.9. The fourth-order valence-electron chi connectivity index (χ4n) is 3.15. The van der Waals surface area contributed by atoms with E-state index in [2.05, 4.69) is 13.8 Å². The van der Waals surface area contributed by atoms with Crippen LogP contribution in [-0.4, -0.2) is 16.9 Å². The Kier molecular flexibility index (Phi) is 2.04. The first-order valence-electron chi connectivity index (χ1n) is 5.32. The molecule has 0 aromatic carbocycles. The number of fused-ring (bicyclic) bond motifs is 1. The first-order valence-corrected chi connectivity index (χ1v) is 5.32. The van der Waals surface area contributed by atoms with E-state index in [0.717, 1.165) is 12.8 Å². The van der Waals surface area contributed by atoms with Crippen molar-refractivity contribution in [3.8, 4) is 0 Å². The maximum Gasteiger partial charge on any atom is 0.332 e. The Morgan fingerprint density at radius 2 is 1.87 bits per heavy atom. The number of carboxylic acids is 1. The Morgan fingerprint density at radius 1 is 1.33 bits per heavy atom. The van der Waals surface area contributed by atoms with Crippen LogP contribution in [-0.2, 0) is 9.59 Å². The van der Waals surface area contributed by atoms with Gasteiger partial charge in [0.25, 0.3) is 0 Å². The highest BCUT2D eigenvalue weighted by molar-refractivity contribution is 6.08. The lowest BCUT2D eigenvalue weighted by atomic mass is 9.87. The lowest BCUT2D eigenvalue weighted by Gasteiger charge is -2.17. The van der Waals surface area contributed by atoms with Gasteiger partial charge in [-0.1, -0.05) is 13.8 Å². The first-order chi connectivity index (χ1) is 6.83. The molecule has 82 valence electrons. The number of carbonyl (C=O) groups excluding carboxylic acids is 1. The van der Waals surface area contributed by atoms with Crippen LogP contribution in [0.2, 0.25) is 0 Å². The molecule has 2 atom stereocenters. The fraction of sp³-hybridized carbons (Fsp3) is 0.667. The van der Waals surface area contributed by atoms with Crippen molar-refractivity contribution in [1.82, 2.24) is 0 Å². The van der Waals surface area contributed by atoms with E-state index in [4.69, 9.17) is 5.11 Å². The molecule has 0 aliphatic heterocycles. The molecule has 2 unspecified atom stereocenters. The molecule has 0 heterocycles. The lowest BCUT2D eigenvalue weighted by molar-refractivity contribution is -0.133. The number of ketones is 1. The molecule has 1 N–H and O–H groups in total. The number of hydrogen-bond donors (Lipinski definition) is 1. The van der Waals surface area contributed by atoms with E-state index in [1.165, 1.54) is 0 Å². The molecule has 0 spiro atoms. The van der Waals surface area contributed by atoms with Crippen LogP contribution < -0.4 is 0 Å². The van der Waals surface area contributed by atoms with Crippen LogP contribution in [0, 0.1) is 17.3 Å². The zero-order valence-electron chi connectivity index (χ0n) is 9.33. The number of carbonyl (C=O) groups is 2. The molecule has 0 aromatic heterocycles. The Bertz CT molecular complexity index is 376. The van der Waals surface area contributed by atoms with Crippen molar-refractivity contribution >= 4 is 11.8 Å². The standard InChI is InChI=1S/C12H16O3/c1-6-9(11(14)15)7-4-12(2,3)5-8(7)10(6)13/h7-8H,4-5H2,1-3H3,(H,14,15). The largest absolute Gasteiger partial charge is 0.478 e. The average Bonchev–Trinajstić information content (AvgIpc) is 2.48. The molecular weight excluding hydrogens is 192 g/mol. The van der Waals surface area contributed by atoms with E-state index in [1.807, 2.05) is 0 Å². The topological polar surface area (TPSA) is 54.4 Å². The molecule has 15 heavy (non-hydrogen) atoms. The highest BCUT2D eigenvalue weighted by Crippen LogP contribution is 2.53. The van der Waals surface area contributed by atoms with Crippen molar-refractivity contribution in [1.29, 1.82) is 0 Å². The van der Waals surface area contributed by atoms with Gasteiger partial charge in [-0.25, -0.2) is 4.79 Å². The van der Waals surface area contributed by atoms with Crippen molar-refractivity contribution < 1.29 is 14.7 Å². The molecule has 0 aromatic rings. The third-order valence-electron chi connectivity index (χ3n) is 3.74. The van der Waals surface area contributed by atoms with E-state index in [1.54, 1.807) is 6.92 Å². The lowest BCUT2D eigenvalue weighted by Crippen LogP contribution is -2.13. The molecule has 2 aliphatic carbocycles. The van der Waals surface area contributed by atoms with Crippen molar-refractivity contribution in [2.45, 2.75) is 33.6 Å². The van der Waals surface area contributed by atoms with Crippen molar-refractivity contribution in [3.05, 3.63) is 11.1 Å². The van der Waals surface area contributed by atoms with Crippen LogP contribution in [0.15, 0.2) is 11.1 Å².